The minimum atomic E-state index is -5.08. The largest absolute Gasteiger partial charge is 0.490 e. The highest BCUT2D eigenvalue weighted by Gasteiger charge is 2.38. The highest BCUT2D eigenvalue weighted by atomic mass is 19.4. The number of nitrogens with one attached hydrogen (secondary N) is 1. The second-order valence-corrected chi connectivity index (χ2v) is 6.68. The van der Waals surface area contributed by atoms with Crippen LogP contribution in [0.1, 0.15) is 16.8 Å². The second-order valence-electron chi connectivity index (χ2n) is 6.68. The summed E-state index contributed by atoms with van der Waals surface area (Å²) in [6, 6.07) is 12.2. The molecule has 0 aliphatic heterocycles. The van der Waals surface area contributed by atoms with Gasteiger partial charge in [0.1, 0.15) is 12.3 Å². The second kappa shape index (κ2) is 13.1. The van der Waals surface area contributed by atoms with Crippen molar-refractivity contribution in [2.45, 2.75) is 19.3 Å². The Balaban J connectivity index is 0.000000383. The van der Waals surface area contributed by atoms with Crippen LogP contribution in [0.3, 0.4) is 0 Å². The number of nitrogens with two attached hydrogens (primary N) is 1. The van der Waals surface area contributed by atoms with Gasteiger partial charge in [-0.25, -0.2) is 9.59 Å². The summed E-state index contributed by atoms with van der Waals surface area (Å²) < 4.78 is 63.5. The summed E-state index contributed by atoms with van der Waals surface area (Å²) in [4.78, 5) is 30.6. The molecular formula is C21H20F6N4O5. The Labute approximate surface area is 199 Å². The molecule has 3 rings (SSSR count). The van der Waals surface area contributed by atoms with Gasteiger partial charge in [-0.2, -0.15) is 26.3 Å². The van der Waals surface area contributed by atoms with Crippen LogP contribution in [0.5, 0.6) is 0 Å². The zero-order valence-electron chi connectivity index (χ0n) is 18.4. The summed E-state index contributed by atoms with van der Waals surface area (Å²) in [5.74, 6) is -5.51. The number of carboxylic acid groups (broad SMARTS) is 2. The first-order valence-electron chi connectivity index (χ1n) is 9.67. The molecule has 1 aromatic carbocycles. The number of nitrogens with zero attached hydrogens (tertiary/aromatic N) is 2. The number of rotatable bonds is 5. The van der Waals surface area contributed by atoms with E-state index in [1.807, 2.05) is 24.3 Å². The summed E-state index contributed by atoms with van der Waals surface area (Å²) in [5.41, 5.74) is 10.3. The van der Waals surface area contributed by atoms with Crippen LogP contribution in [0, 0.1) is 6.92 Å². The van der Waals surface area contributed by atoms with Gasteiger partial charge in [-0.05, 0) is 19.1 Å². The molecule has 36 heavy (non-hydrogen) atoms. The number of benzene rings is 1. The smallest absolute Gasteiger partial charge is 0.475 e. The van der Waals surface area contributed by atoms with E-state index >= 15 is 0 Å². The molecule has 9 nitrogen and oxygen atoms in total. The van der Waals surface area contributed by atoms with Gasteiger partial charge in [0.15, 0.2) is 0 Å². The number of hydrogen-bond acceptors (Lipinski definition) is 6. The number of pyridine rings is 1. The number of alkyl halides is 6. The third-order valence-electron chi connectivity index (χ3n) is 3.85. The zero-order chi connectivity index (χ0) is 27.5. The Morgan fingerprint density at radius 1 is 1.03 bits per heavy atom. The van der Waals surface area contributed by atoms with Crippen molar-refractivity contribution in [3.05, 3.63) is 65.6 Å². The van der Waals surface area contributed by atoms with Gasteiger partial charge in [0.25, 0.3) is 0 Å². The number of aromatic nitrogens is 2. The van der Waals surface area contributed by atoms with E-state index in [9.17, 15) is 26.3 Å². The van der Waals surface area contributed by atoms with Crippen LogP contribution in [0.25, 0.3) is 10.9 Å². The third kappa shape index (κ3) is 10.0. The number of aliphatic carboxylic acids is 2. The fraction of sp³-hybridized carbons (Fsp3) is 0.238. The average molecular weight is 522 g/mol. The molecule has 0 amide bonds. The lowest BCUT2D eigenvalue weighted by Gasteiger charge is -2.05. The summed E-state index contributed by atoms with van der Waals surface area (Å²) in [6.07, 6.45) is -6.60. The quantitative estimate of drug-likeness (QED) is 0.172. The molecule has 0 unspecified atom stereocenters. The maximum Gasteiger partial charge on any atom is 0.490 e. The Morgan fingerprint density at radius 3 is 2.00 bits per heavy atom. The minimum absolute atomic E-state index is 0.386. The zero-order valence-corrected chi connectivity index (χ0v) is 18.4. The number of hydrogen-bond donors (Lipinski definition) is 4. The standard InChI is InChI=1S/C17H18N4O.2C2HF3O2/c1-12-2-4-13(5-3-12)17(21-22-9-7-18)15-10-14-6-8-19-11-16(14)20-15;2*3-2(4,5)1(6)7/h2-6,8,10-11,20H,7,9,18H2,1H3;2*(H,6,7). The Hall–Kier alpha value is -4.14. The first kappa shape index (κ1) is 29.9. The van der Waals surface area contributed by atoms with Crippen molar-refractivity contribution in [1.82, 2.24) is 9.97 Å². The van der Waals surface area contributed by atoms with Crippen molar-refractivity contribution >= 4 is 28.6 Å². The molecule has 0 aliphatic carbocycles. The molecule has 0 saturated carbocycles. The van der Waals surface area contributed by atoms with Crippen LogP contribution in [0.2, 0.25) is 0 Å². The Kier molecular flexibility index (Phi) is 10.9. The van der Waals surface area contributed by atoms with E-state index < -0.39 is 24.3 Å². The minimum Gasteiger partial charge on any atom is -0.475 e. The molecule has 0 saturated heterocycles. The predicted octanol–water partition coefficient (Wildman–Crippen LogP) is 3.87. The number of halogens is 6. The molecule has 2 heterocycles. The van der Waals surface area contributed by atoms with Crippen LogP contribution < -0.4 is 5.73 Å². The summed E-state index contributed by atoms with van der Waals surface area (Å²) in [6.45, 7) is 2.87. The summed E-state index contributed by atoms with van der Waals surface area (Å²) in [7, 11) is 0. The number of aryl methyl sites for hydroxylation is 1. The third-order valence-corrected chi connectivity index (χ3v) is 3.85. The molecule has 5 N–H and O–H groups in total. The molecule has 0 radical (unpaired) electrons. The van der Waals surface area contributed by atoms with Gasteiger partial charge in [-0.3, -0.25) is 4.98 Å². The van der Waals surface area contributed by atoms with E-state index in [4.69, 9.17) is 30.4 Å². The van der Waals surface area contributed by atoms with Gasteiger partial charge in [0.2, 0.25) is 0 Å². The van der Waals surface area contributed by atoms with Crippen LogP contribution >= 0.6 is 0 Å². The number of aromatic amines is 1. The molecule has 0 aliphatic rings. The molecule has 15 heteroatoms. The van der Waals surface area contributed by atoms with Crippen molar-refractivity contribution in [2.24, 2.45) is 10.9 Å². The molecule has 3 aromatic rings. The number of carbonyl (C=O) groups is 2. The fourth-order valence-corrected chi connectivity index (χ4v) is 2.23. The van der Waals surface area contributed by atoms with E-state index in [2.05, 4.69) is 34.2 Å². The van der Waals surface area contributed by atoms with Gasteiger partial charge in [0, 0.05) is 23.7 Å². The van der Waals surface area contributed by atoms with Crippen molar-refractivity contribution in [2.75, 3.05) is 13.2 Å². The van der Waals surface area contributed by atoms with Crippen LogP contribution in [-0.4, -0.2) is 63.3 Å². The summed E-state index contributed by atoms with van der Waals surface area (Å²) in [5, 5.41) is 19.6. The van der Waals surface area contributed by atoms with Gasteiger partial charge >= 0.3 is 24.3 Å². The van der Waals surface area contributed by atoms with E-state index in [1.165, 1.54) is 5.56 Å². The number of carboxylic acids is 2. The average Bonchev–Trinajstić information content (AvgIpc) is 3.21. The van der Waals surface area contributed by atoms with Crippen LogP contribution in [0.4, 0.5) is 26.3 Å². The van der Waals surface area contributed by atoms with Crippen molar-refractivity contribution in [3.8, 4) is 0 Å². The molecule has 2 aromatic heterocycles. The monoisotopic (exact) mass is 522 g/mol. The molecule has 0 spiro atoms. The maximum absolute atomic E-state index is 10.6. The van der Waals surface area contributed by atoms with Crippen LogP contribution in [0.15, 0.2) is 53.9 Å². The molecule has 196 valence electrons. The van der Waals surface area contributed by atoms with Crippen LogP contribution in [-0.2, 0) is 14.4 Å². The van der Waals surface area contributed by atoms with E-state index in [1.54, 1.807) is 12.4 Å². The lowest BCUT2D eigenvalue weighted by Crippen LogP contribution is -2.21. The van der Waals surface area contributed by atoms with E-state index in [-0.39, 0.29) is 0 Å². The normalized spacial score (nSPS) is 11.6. The highest BCUT2D eigenvalue weighted by molar-refractivity contribution is 6.13. The predicted molar refractivity (Wildman–Crippen MR) is 115 cm³/mol. The lowest BCUT2D eigenvalue weighted by atomic mass is 10.1. The SMILES string of the molecule is Cc1ccc(C(=NOCCN)c2cc3ccncc3[nH]2)cc1.O=C(O)C(F)(F)F.O=C(O)C(F)(F)F. The van der Waals surface area contributed by atoms with Crippen molar-refractivity contribution in [1.29, 1.82) is 0 Å². The van der Waals surface area contributed by atoms with E-state index in [0.29, 0.717) is 13.2 Å². The summed E-state index contributed by atoms with van der Waals surface area (Å²) >= 11 is 0. The first-order chi connectivity index (χ1) is 16.7. The van der Waals surface area contributed by atoms with Gasteiger partial charge in [0.05, 0.1) is 17.4 Å². The van der Waals surface area contributed by atoms with Crippen molar-refractivity contribution < 1.29 is 51.0 Å². The molecule has 0 bridgehead atoms. The molecular weight excluding hydrogens is 502 g/mol. The highest BCUT2D eigenvalue weighted by Crippen LogP contribution is 2.18. The molecule has 0 fully saturated rings. The maximum atomic E-state index is 10.6. The Bertz CT molecular complexity index is 1120. The van der Waals surface area contributed by atoms with E-state index in [0.717, 1.165) is 27.9 Å². The topological polar surface area (TPSA) is 151 Å². The van der Waals surface area contributed by atoms with Gasteiger partial charge in [-0.1, -0.05) is 35.0 Å². The number of H-pyrrole nitrogens is 1. The first-order valence-corrected chi connectivity index (χ1v) is 9.67. The fourth-order valence-electron chi connectivity index (χ4n) is 2.23. The van der Waals surface area contributed by atoms with Crippen molar-refractivity contribution in [3.63, 3.8) is 0 Å². The number of oxime groups is 1. The Morgan fingerprint density at radius 2 is 1.56 bits per heavy atom. The van der Waals surface area contributed by atoms with Gasteiger partial charge < -0.3 is 25.8 Å². The molecule has 0 atom stereocenters. The van der Waals surface area contributed by atoms with Gasteiger partial charge in [-0.15, -0.1) is 0 Å². The number of fused-ring (bicyclic) bond motifs is 1. The lowest BCUT2D eigenvalue weighted by molar-refractivity contribution is -0.193.